The second kappa shape index (κ2) is 6.61. The van der Waals surface area contributed by atoms with E-state index in [-0.39, 0.29) is 42.8 Å². The van der Waals surface area contributed by atoms with E-state index in [2.05, 4.69) is 0 Å². The number of amides is 1. The van der Waals surface area contributed by atoms with Crippen molar-refractivity contribution in [1.82, 2.24) is 9.21 Å². The first kappa shape index (κ1) is 17.6. The Bertz CT molecular complexity index is 907. The topological polar surface area (TPSA) is 70.8 Å². The number of hydrogen-bond acceptors (Lipinski definition) is 4. The molecule has 8 heteroatoms. The fourth-order valence-corrected chi connectivity index (χ4v) is 4.52. The average Bonchev–Trinajstić information content (AvgIpc) is 2.88. The highest BCUT2D eigenvalue weighted by molar-refractivity contribution is 7.89. The van der Waals surface area contributed by atoms with Gasteiger partial charge in [0.2, 0.25) is 15.9 Å². The Labute approximate surface area is 145 Å². The molecule has 0 atom stereocenters. The number of aryl methyl sites for hydroxylation is 2. The summed E-state index contributed by atoms with van der Waals surface area (Å²) in [5.74, 6) is 0.146. The predicted molar refractivity (Wildman–Crippen MR) is 88.8 cm³/mol. The van der Waals surface area contributed by atoms with Crippen LogP contribution in [0.25, 0.3) is 0 Å². The Morgan fingerprint density at radius 3 is 2.56 bits per heavy atom. The summed E-state index contributed by atoms with van der Waals surface area (Å²) in [6.45, 7) is 3.73. The maximum absolute atomic E-state index is 13.3. The molecule has 1 aromatic heterocycles. The van der Waals surface area contributed by atoms with Gasteiger partial charge in [-0.2, -0.15) is 4.31 Å². The molecule has 1 fully saturated rings. The van der Waals surface area contributed by atoms with Gasteiger partial charge in [0, 0.05) is 19.6 Å². The van der Waals surface area contributed by atoms with Crippen LogP contribution in [0, 0.1) is 19.7 Å². The minimum atomic E-state index is -3.78. The molecule has 0 spiro atoms. The first-order chi connectivity index (χ1) is 11.8. The average molecular weight is 366 g/mol. The second-order valence-electron chi connectivity index (χ2n) is 6.06. The van der Waals surface area contributed by atoms with E-state index < -0.39 is 10.0 Å². The maximum atomic E-state index is 13.3. The molecule has 1 amide bonds. The molecule has 0 saturated carbocycles. The lowest BCUT2D eigenvalue weighted by Gasteiger charge is -2.33. The Hall–Kier alpha value is -2.19. The molecule has 1 saturated heterocycles. The maximum Gasteiger partial charge on any atom is 0.247 e. The quantitative estimate of drug-likeness (QED) is 0.831. The Morgan fingerprint density at radius 2 is 1.96 bits per heavy atom. The molecule has 1 aliphatic heterocycles. The van der Waals surface area contributed by atoms with E-state index in [9.17, 15) is 17.6 Å². The number of nitrogens with zero attached hydrogens (tertiary/aromatic N) is 2. The highest BCUT2D eigenvalue weighted by atomic mass is 32.2. The van der Waals surface area contributed by atoms with E-state index in [1.807, 2.05) is 0 Å². The van der Waals surface area contributed by atoms with Gasteiger partial charge >= 0.3 is 0 Å². The Kier molecular flexibility index (Phi) is 4.66. The summed E-state index contributed by atoms with van der Waals surface area (Å²) in [5.41, 5.74) is 0.672. The Balaban J connectivity index is 1.73. The van der Waals surface area contributed by atoms with E-state index in [1.165, 1.54) is 23.1 Å². The van der Waals surface area contributed by atoms with Crippen molar-refractivity contribution in [3.8, 4) is 0 Å². The molecule has 0 bridgehead atoms. The third-order valence-electron chi connectivity index (χ3n) is 4.16. The van der Waals surface area contributed by atoms with Crippen molar-refractivity contribution in [1.29, 1.82) is 0 Å². The Morgan fingerprint density at radius 1 is 1.20 bits per heavy atom. The molecule has 3 rings (SSSR count). The van der Waals surface area contributed by atoms with Crippen LogP contribution in [0.2, 0.25) is 0 Å². The smallest absolute Gasteiger partial charge is 0.247 e. The number of hydrogen-bond donors (Lipinski definition) is 0. The van der Waals surface area contributed by atoms with Crippen LogP contribution in [-0.2, 0) is 21.4 Å². The van der Waals surface area contributed by atoms with Crippen LogP contribution in [0.4, 0.5) is 4.39 Å². The van der Waals surface area contributed by atoms with Crippen molar-refractivity contribution in [2.45, 2.75) is 25.3 Å². The summed E-state index contributed by atoms with van der Waals surface area (Å²) >= 11 is 0. The van der Waals surface area contributed by atoms with Gasteiger partial charge in [-0.1, -0.05) is 12.1 Å². The van der Waals surface area contributed by atoms with Crippen molar-refractivity contribution in [3.05, 3.63) is 53.2 Å². The van der Waals surface area contributed by atoms with E-state index in [1.54, 1.807) is 26.0 Å². The van der Waals surface area contributed by atoms with Gasteiger partial charge in [-0.3, -0.25) is 4.79 Å². The summed E-state index contributed by atoms with van der Waals surface area (Å²) in [6.07, 6.45) is 0. The highest BCUT2D eigenvalue weighted by Gasteiger charge is 2.34. The summed E-state index contributed by atoms with van der Waals surface area (Å²) in [7, 11) is -3.78. The molecule has 0 unspecified atom stereocenters. The monoisotopic (exact) mass is 366 g/mol. The van der Waals surface area contributed by atoms with Crippen molar-refractivity contribution in [2.24, 2.45) is 0 Å². The van der Waals surface area contributed by atoms with Crippen molar-refractivity contribution in [3.63, 3.8) is 0 Å². The molecule has 2 aromatic rings. The van der Waals surface area contributed by atoms with Gasteiger partial charge in [0.1, 0.15) is 22.2 Å². The first-order valence-electron chi connectivity index (χ1n) is 7.87. The highest BCUT2D eigenvalue weighted by Crippen LogP contribution is 2.24. The standard InChI is InChI=1S/C17H19FN2O4S/c1-12-8-16(13(2)24-12)25(22,23)20-7-6-19(17(21)11-20)10-14-4-3-5-15(18)9-14/h3-5,8-9H,6-7,10-11H2,1-2H3. The minimum Gasteiger partial charge on any atom is -0.465 e. The largest absolute Gasteiger partial charge is 0.465 e. The number of carbonyl (C=O) groups excluding carboxylic acids is 1. The van der Waals surface area contributed by atoms with Gasteiger partial charge in [-0.05, 0) is 37.6 Å². The molecule has 1 aliphatic rings. The molecule has 0 radical (unpaired) electrons. The number of rotatable bonds is 4. The third-order valence-corrected chi connectivity index (χ3v) is 6.11. The van der Waals surface area contributed by atoms with Crippen LogP contribution in [0.15, 0.2) is 39.6 Å². The molecule has 0 aliphatic carbocycles. The number of halogens is 1. The molecule has 2 heterocycles. The van der Waals surface area contributed by atoms with Gasteiger partial charge < -0.3 is 9.32 Å². The third kappa shape index (κ3) is 3.59. The molecule has 6 nitrogen and oxygen atoms in total. The SMILES string of the molecule is Cc1cc(S(=O)(=O)N2CCN(Cc3cccc(F)c3)C(=O)C2)c(C)o1. The molecular formula is C17H19FN2O4S. The van der Waals surface area contributed by atoms with E-state index in [4.69, 9.17) is 4.42 Å². The van der Waals surface area contributed by atoms with Crippen molar-refractivity contribution < 1.29 is 22.0 Å². The molecule has 0 N–H and O–H groups in total. The normalized spacial score (nSPS) is 16.4. The number of sulfonamides is 1. The van der Waals surface area contributed by atoms with E-state index >= 15 is 0 Å². The molecule has 1 aromatic carbocycles. The predicted octanol–water partition coefficient (Wildman–Crippen LogP) is 2.07. The summed E-state index contributed by atoms with van der Waals surface area (Å²) in [5, 5.41) is 0. The van der Waals surface area contributed by atoms with Crippen molar-refractivity contribution in [2.75, 3.05) is 19.6 Å². The zero-order chi connectivity index (χ0) is 18.2. The summed E-state index contributed by atoms with van der Waals surface area (Å²) in [6, 6.07) is 7.49. The number of carbonyl (C=O) groups is 1. The lowest BCUT2D eigenvalue weighted by molar-refractivity contribution is -0.134. The van der Waals surface area contributed by atoms with Crippen molar-refractivity contribution >= 4 is 15.9 Å². The van der Waals surface area contributed by atoms with Crippen LogP contribution in [0.5, 0.6) is 0 Å². The van der Waals surface area contributed by atoms with E-state index in [0.717, 1.165) is 4.31 Å². The van der Waals surface area contributed by atoms with Crippen LogP contribution >= 0.6 is 0 Å². The van der Waals surface area contributed by atoms with Crippen LogP contribution in [0.3, 0.4) is 0 Å². The van der Waals surface area contributed by atoms with Crippen LogP contribution in [-0.4, -0.2) is 43.2 Å². The molecule has 25 heavy (non-hydrogen) atoms. The van der Waals surface area contributed by atoms with Gasteiger partial charge in [0.15, 0.2) is 0 Å². The fourth-order valence-electron chi connectivity index (χ4n) is 2.92. The lowest BCUT2D eigenvalue weighted by atomic mass is 10.2. The summed E-state index contributed by atoms with van der Waals surface area (Å²) in [4.78, 5) is 14.0. The van der Waals surface area contributed by atoms with Crippen LogP contribution < -0.4 is 0 Å². The minimum absolute atomic E-state index is 0.0939. The zero-order valence-corrected chi connectivity index (χ0v) is 14.8. The number of piperazine rings is 1. The second-order valence-corrected chi connectivity index (χ2v) is 7.97. The van der Waals surface area contributed by atoms with Gasteiger partial charge in [0.25, 0.3) is 0 Å². The lowest BCUT2D eigenvalue weighted by Crippen LogP contribution is -2.51. The van der Waals surface area contributed by atoms with Crippen LogP contribution in [0.1, 0.15) is 17.1 Å². The first-order valence-corrected chi connectivity index (χ1v) is 9.31. The fraction of sp³-hybridized carbons (Fsp3) is 0.353. The van der Waals surface area contributed by atoms with E-state index in [0.29, 0.717) is 17.1 Å². The summed E-state index contributed by atoms with van der Waals surface area (Å²) < 4.78 is 45.2. The zero-order valence-electron chi connectivity index (χ0n) is 14.0. The molecular weight excluding hydrogens is 347 g/mol. The van der Waals surface area contributed by atoms with Gasteiger partial charge in [-0.15, -0.1) is 0 Å². The van der Waals surface area contributed by atoms with Gasteiger partial charge in [0.05, 0.1) is 6.54 Å². The molecule has 134 valence electrons. The number of furan rings is 1. The number of benzene rings is 1. The van der Waals surface area contributed by atoms with Gasteiger partial charge in [-0.25, -0.2) is 12.8 Å².